The minimum atomic E-state index is -1.87. The van der Waals surface area contributed by atoms with Crippen LogP contribution in [0.2, 0.25) is 0 Å². The van der Waals surface area contributed by atoms with Crippen LogP contribution in [0, 0.1) is 0 Å². The van der Waals surface area contributed by atoms with Gasteiger partial charge in [0.05, 0.1) is 16.8 Å². The topological polar surface area (TPSA) is 25.8 Å². The lowest BCUT2D eigenvalue weighted by Gasteiger charge is -2.48. The molecule has 3 aromatic rings. The maximum atomic E-state index is 16.1. The van der Waals surface area contributed by atoms with Crippen LogP contribution in [0.4, 0.5) is 8.78 Å². The van der Waals surface area contributed by atoms with Crippen LogP contribution in [0.15, 0.2) is 90.0 Å². The molecule has 2 aromatic heterocycles. The maximum absolute atomic E-state index is 16.1. The molecular formula is C28H26F2N2. The Morgan fingerprint density at radius 3 is 2.19 bits per heavy atom. The fourth-order valence-corrected chi connectivity index (χ4v) is 5.85. The fourth-order valence-electron chi connectivity index (χ4n) is 5.85. The Bertz CT molecular complexity index is 1240. The van der Waals surface area contributed by atoms with Gasteiger partial charge in [0.2, 0.25) is 0 Å². The molecule has 0 radical (unpaired) electrons. The largest absolute Gasteiger partial charge is 0.260 e. The van der Waals surface area contributed by atoms with E-state index in [1.54, 1.807) is 12.4 Å². The van der Waals surface area contributed by atoms with Crippen LogP contribution < -0.4 is 0 Å². The van der Waals surface area contributed by atoms with Gasteiger partial charge in [0.15, 0.2) is 5.67 Å². The normalized spacial score (nSPS) is 29.2. The molecule has 0 fully saturated rings. The van der Waals surface area contributed by atoms with Gasteiger partial charge in [-0.2, -0.15) is 0 Å². The number of hydrogen-bond donors (Lipinski definition) is 0. The molecule has 32 heavy (non-hydrogen) atoms. The van der Waals surface area contributed by atoms with Crippen molar-refractivity contribution in [3.05, 3.63) is 107 Å². The number of rotatable bonds is 2. The number of pyridine rings is 2. The summed E-state index contributed by atoms with van der Waals surface area (Å²) in [5, 5.41) is 0. The number of allylic oxidation sites excluding steroid dienone is 4. The highest BCUT2D eigenvalue weighted by atomic mass is 19.1. The Balaban J connectivity index is 1.82. The average molecular weight is 429 g/mol. The third-order valence-electron chi connectivity index (χ3n) is 7.25. The molecular weight excluding hydrogens is 402 g/mol. The van der Waals surface area contributed by atoms with E-state index in [0.29, 0.717) is 11.3 Å². The molecule has 0 saturated heterocycles. The van der Waals surface area contributed by atoms with Gasteiger partial charge in [-0.1, -0.05) is 44.2 Å². The predicted octanol–water partition coefficient (Wildman–Crippen LogP) is 7.21. The minimum Gasteiger partial charge on any atom is -0.260 e. The fraction of sp³-hybridized carbons (Fsp3) is 0.286. The molecule has 162 valence electrons. The van der Waals surface area contributed by atoms with Crippen LogP contribution in [0.1, 0.15) is 56.4 Å². The molecule has 2 heterocycles. The highest BCUT2D eigenvalue weighted by molar-refractivity contribution is 5.72. The van der Waals surface area contributed by atoms with Gasteiger partial charge in [-0.25, -0.2) is 8.78 Å². The third-order valence-corrected chi connectivity index (χ3v) is 7.25. The summed E-state index contributed by atoms with van der Waals surface area (Å²) in [4.78, 5) is 9.08. The summed E-state index contributed by atoms with van der Waals surface area (Å²) in [6.45, 7) is 7.39. The van der Waals surface area contributed by atoms with Gasteiger partial charge in [0, 0.05) is 29.8 Å². The number of alkyl halides is 1. The number of aromatic nitrogens is 2. The summed E-state index contributed by atoms with van der Waals surface area (Å²) < 4.78 is 31.9. The average Bonchev–Trinajstić information content (AvgIpc) is 2.80. The number of hydrogen-bond acceptors (Lipinski definition) is 2. The van der Waals surface area contributed by atoms with Crippen LogP contribution in [-0.4, -0.2) is 15.6 Å². The molecule has 4 heteroatoms. The van der Waals surface area contributed by atoms with Crippen LogP contribution in [0.25, 0.3) is 11.3 Å². The van der Waals surface area contributed by atoms with E-state index in [2.05, 4.69) is 29.0 Å². The molecule has 0 saturated carbocycles. The lowest BCUT2D eigenvalue weighted by atomic mass is 9.57. The van der Waals surface area contributed by atoms with E-state index in [4.69, 9.17) is 0 Å². The van der Waals surface area contributed by atoms with Gasteiger partial charge in [-0.3, -0.25) is 9.97 Å². The molecule has 0 bridgehead atoms. The SMILES string of the molecule is CC1C2=C(C(C)c3c(-c4ccccn4)cccc31)C(C)(c1ccccn1)C(F)=CC2(C)F. The second-order valence-electron chi connectivity index (χ2n) is 9.20. The highest BCUT2D eigenvalue weighted by Gasteiger charge is 2.53. The molecule has 0 aliphatic heterocycles. The maximum Gasteiger partial charge on any atom is 0.151 e. The summed E-state index contributed by atoms with van der Waals surface area (Å²) in [5.74, 6) is -0.907. The number of benzene rings is 1. The molecule has 0 spiro atoms. The molecule has 4 atom stereocenters. The molecule has 2 aliphatic carbocycles. The van der Waals surface area contributed by atoms with Gasteiger partial charge in [-0.15, -0.1) is 0 Å². The first kappa shape index (κ1) is 20.7. The van der Waals surface area contributed by atoms with Crippen LogP contribution in [0.3, 0.4) is 0 Å². The van der Waals surface area contributed by atoms with Crippen molar-refractivity contribution in [1.29, 1.82) is 0 Å². The molecule has 2 nitrogen and oxygen atoms in total. The van der Waals surface area contributed by atoms with E-state index in [1.165, 1.54) is 6.92 Å². The zero-order chi connectivity index (χ0) is 22.7. The summed E-state index contributed by atoms with van der Waals surface area (Å²) in [6.07, 6.45) is 4.59. The third kappa shape index (κ3) is 2.82. The van der Waals surface area contributed by atoms with Gasteiger partial charge in [0.25, 0.3) is 0 Å². The summed E-state index contributed by atoms with van der Waals surface area (Å²) in [6, 6.07) is 17.5. The van der Waals surface area contributed by atoms with Crippen molar-refractivity contribution in [2.24, 2.45) is 0 Å². The monoisotopic (exact) mass is 428 g/mol. The van der Waals surface area contributed by atoms with Crippen LogP contribution >= 0.6 is 0 Å². The summed E-state index contributed by atoms with van der Waals surface area (Å²) >= 11 is 0. The Labute approximate surface area is 187 Å². The molecule has 4 unspecified atom stereocenters. The Morgan fingerprint density at radius 1 is 0.812 bits per heavy atom. The van der Waals surface area contributed by atoms with Gasteiger partial charge < -0.3 is 0 Å². The van der Waals surface area contributed by atoms with Crippen molar-refractivity contribution < 1.29 is 8.78 Å². The van der Waals surface area contributed by atoms with E-state index in [9.17, 15) is 0 Å². The number of halogens is 2. The molecule has 0 amide bonds. The first-order valence-corrected chi connectivity index (χ1v) is 11.0. The minimum absolute atomic E-state index is 0.206. The number of fused-ring (bicyclic) bond motifs is 1. The van der Waals surface area contributed by atoms with Gasteiger partial charge >= 0.3 is 0 Å². The first-order valence-electron chi connectivity index (χ1n) is 11.0. The standard InChI is InChI=1S/C28H26F2N2/c1-17-19-10-9-11-20(21-12-5-7-14-31-21)24(19)18(2)26-25(17)27(3,30)16-22(29)28(26,4)23-13-6-8-15-32-23/h5-18H,1-4H3. The number of nitrogens with zero attached hydrogens (tertiary/aromatic N) is 2. The van der Waals surface area contributed by atoms with Crippen LogP contribution in [0.5, 0.6) is 0 Å². The Kier molecular flexibility index (Phi) is 4.66. The lowest BCUT2D eigenvalue weighted by molar-refractivity contribution is 0.259. The van der Waals surface area contributed by atoms with Gasteiger partial charge in [-0.05, 0) is 66.5 Å². The van der Waals surface area contributed by atoms with E-state index < -0.39 is 16.9 Å². The van der Waals surface area contributed by atoms with Crippen LogP contribution in [-0.2, 0) is 5.41 Å². The summed E-state index contributed by atoms with van der Waals surface area (Å²) in [5.41, 5.74) is 3.02. The van der Waals surface area contributed by atoms with Crippen molar-refractivity contribution in [3.8, 4) is 11.3 Å². The van der Waals surface area contributed by atoms with E-state index >= 15 is 8.78 Å². The quantitative estimate of drug-likeness (QED) is 0.403. The van der Waals surface area contributed by atoms with Crippen molar-refractivity contribution in [1.82, 2.24) is 9.97 Å². The van der Waals surface area contributed by atoms with Crippen molar-refractivity contribution in [2.45, 2.75) is 50.6 Å². The first-order chi connectivity index (χ1) is 15.3. The van der Waals surface area contributed by atoms with Crippen molar-refractivity contribution in [2.75, 3.05) is 0 Å². The van der Waals surface area contributed by atoms with E-state index in [-0.39, 0.29) is 11.8 Å². The molecule has 5 rings (SSSR count). The lowest BCUT2D eigenvalue weighted by Crippen LogP contribution is -2.42. The van der Waals surface area contributed by atoms with Crippen molar-refractivity contribution in [3.63, 3.8) is 0 Å². The van der Waals surface area contributed by atoms with Crippen molar-refractivity contribution >= 4 is 0 Å². The van der Waals surface area contributed by atoms with E-state index in [1.807, 2.05) is 56.3 Å². The zero-order valence-corrected chi connectivity index (χ0v) is 18.7. The molecule has 2 aliphatic rings. The second-order valence-corrected chi connectivity index (χ2v) is 9.20. The summed E-state index contributed by atoms with van der Waals surface area (Å²) in [7, 11) is 0. The smallest absolute Gasteiger partial charge is 0.151 e. The second kappa shape index (κ2) is 7.19. The Morgan fingerprint density at radius 2 is 1.53 bits per heavy atom. The highest BCUT2D eigenvalue weighted by Crippen LogP contribution is 2.60. The Hall–Kier alpha value is -3.14. The molecule has 0 N–H and O–H groups in total. The van der Waals surface area contributed by atoms with E-state index in [0.717, 1.165) is 34.0 Å². The predicted molar refractivity (Wildman–Crippen MR) is 124 cm³/mol. The zero-order valence-electron chi connectivity index (χ0n) is 18.7. The van der Waals surface area contributed by atoms with Gasteiger partial charge in [0.1, 0.15) is 5.83 Å². The molecule has 1 aromatic carbocycles.